The Morgan fingerprint density at radius 2 is 0.621 bits per heavy atom. The first kappa shape index (κ1) is 61.5. The van der Waals surface area contributed by atoms with Gasteiger partial charge in [0.1, 0.15) is 13.2 Å². The van der Waals surface area contributed by atoms with E-state index in [9.17, 15) is 14.4 Å². The van der Waals surface area contributed by atoms with E-state index in [1.54, 1.807) is 0 Å². The normalized spacial score (nSPS) is 13.2. The summed E-state index contributed by atoms with van der Waals surface area (Å²) in [4.78, 5) is 38.0. The van der Waals surface area contributed by atoms with Crippen molar-refractivity contribution in [1.82, 2.24) is 0 Å². The molecular formula is C60H94O6. The van der Waals surface area contributed by atoms with Gasteiger partial charge in [0.2, 0.25) is 0 Å². The summed E-state index contributed by atoms with van der Waals surface area (Å²) >= 11 is 0. The molecule has 0 amide bonds. The first-order valence-corrected chi connectivity index (χ1v) is 26.3. The number of carbonyl (C=O) groups is 3. The van der Waals surface area contributed by atoms with E-state index in [0.717, 1.165) is 89.9 Å². The van der Waals surface area contributed by atoms with Crippen molar-refractivity contribution in [3.8, 4) is 0 Å². The minimum atomic E-state index is -0.816. The van der Waals surface area contributed by atoms with Crippen LogP contribution in [0.4, 0.5) is 0 Å². The van der Waals surface area contributed by atoms with Crippen molar-refractivity contribution in [2.24, 2.45) is 0 Å². The van der Waals surface area contributed by atoms with Crippen LogP contribution in [0.3, 0.4) is 0 Å². The topological polar surface area (TPSA) is 78.9 Å². The summed E-state index contributed by atoms with van der Waals surface area (Å²) in [5.41, 5.74) is 0. The molecule has 0 rings (SSSR count). The van der Waals surface area contributed by atoms with Gasteiger partial charge in [0.25, 0.3) is 0 Å². The summed E-state index contributed by atoms with van der Waals surface area (Å²) < 4.78 is 16.8. The molecule has 0 saturated carbocycles. The summed E-state index contributed by atoms with van der Waals surface area (Å²) in [5.74, 6) is -0.985. The van der Waals surface area contributed by atoms with Crippen LogP contribution in [0.15, 0.2) is 134 Å². The van der Waals surface area contributed by atoms with E-state index in [1.165, 1.54) is 70.6 Å². The molecule has 0 fully saturated rings. The molecule has 0 N–H and O–H groups in total. The molecule has 6 nitrogen and oxygen atoms in total. The molecule has 0 heterocycles. The van der Waals surface area contributed by atoms with Crippen molar-refractivity contribution in [3.05, 3.63) is 134 Å². The molecule has 0 aromatic carbocycles. The first-order valence-electron chi connectivity index (χ1n) is 26.3. The Balaban J connectivity index is 4.56. The van der Waals surface area contributed by atoms with Crippen molar-refractivity contribution in [3.63, 3.8) is 0 Å². The number of unbranched alkanes of at least 4 members (excludes halogenated alkanes) is 21. The van der Waals surface area contributed by atoms with Gasteiger partial charge >= 0.3 is 17.9 Å². The number of hydrogen-bond donors (Lipinski definition) is 0. The fourth-order valence-electron chi connectivity index (χ4n) is 6.74. The SMILES string of the molecule is CC\C=C/C=C\C=C/C=C\C=C\C=C/CCCCCC(=O)OC(COC(=O)CCCCCCC\C=C/C=C\C=C/C=C\C=C/CCC)COC(=O)CCCCCCCCCCCCCCC. The fourth-order valence-corrected chi connectivity index (χ4v) is 6.74. The van der Waals surface area contributed by atoms with E-state index in [0.29, 0.717) is 19.3 Å². The van der Waals surface area contributed by atoms with Crippen LogP contribution >= 0.6 is 0 Å². The highest BCUT2D eigenvalue weighted by Gasteiger charge is 2.19. The van der Waals surface area contributed by atoms with E-state index >= 15 is 0 Å². The number of hydrogen-bond acceptors (Lipinski definition) is 6. The quantitative estimate of drug-likeness (QED) is 0.0262. The van der Waals surface area contributed by atoms with Crippen LogP contribution in [0.1, 0.15) is 207 Å². The molecule has 66 heavy (non-hydrogen) atoms. The third kappa shape index (κ3) is 50.5. The van der Waals surface area contributed by atoms with Crippen molar-refractivity contribution in [2.45, 2.75) is 213 Å². The lowest BCUT2D eigenvalue weighted by Crippen LogP contribution is -2.30. The predicted octanol–water partition coefficient (Wildman–Crippen LogP) is 17.5. The second-order valence-corrected chi connectivity index (χ2v) is 17.0. The summed E-state index contributed by atoms with van der Waals surface area (Å²) in [5, 5.41) is 0. The zero-order valence-corrected chi connectivity index (χ0v) is 42.1. The molecule has 0 aliphatic heterocycles. The Morgan fingerprint density at radius 3 is 1.00 bits per heavy atom. The Labute approximate surface area is 405 Å². The van der Waals surface area contributed by atoms with Gasteiger partial charge in [-0.2, -0.15) is 0 Å². The zero-order chi connectivity index (χ0) is 47.9. The van der Waals surface area contributed by atoms with E-state index in [2.05, 4.69) is 57.2 Å². The molecule has 0 aliphatic carbocycles. The van der Waals surface area contributed by atoms with Gasteiger partial charge in [0, 0.05) is 19.3 Å². The molecule has 0 radical (unpaired) electrons. The second kappa shape index (κ2) is 53.2. The average molecular weight is 911 g/mol. The Morgan fingerprint density at radius 1 is 0.318 bits per heavy atom. The third-order valence-corrected chi connectivity index (χ3v) is 10.7. The van der Waals surface area contributed by atoms with Gasteiger partial charge in [-0.1, -0.05) is 264 Å². The number of ether oxygens (including phenoxy) is 3. The van der Waals surface area contributed by atoms with Crippen LogP contribution in [0, 0.1) is 0 Å². The molecule has 0 aromatic rings. The van der Waals surface area contributed by atoms with Crippen molar-refractivity contribution >= 4 is 17.9 Å². The van der Waals surface area contributed by atoms with Gasteiger partial charge in [0.05, 0.1) is 0 Å². The lowest BCUT2D eigenvalue weighted by molar-refractivity contribution is -0.167. The summed E-state index contributed by atoms with van der Waals surface area (Å²) in [7, 11) is 0. The van der Waals surface area contributed by atoms with Crippen LogP contribution < -0.4 is 0 Å². The van der Waals surface area contributed by atoms with E-state index in [-0.39, 0.29) is 37.5 Å². The summed E-state index contributed by atoms with van der Waals surface area (Å²) in [6.45, 7) is 6.33. The second-order valence-electron chi connectivity index (χ2n) is 17.0. The Kier molecular flexibility index (Phi) is 49.6. The van der Waals surface area contributed by atoms with Gasteiger partial charge in [0.15, 0.2) is 6.10 Å². The monoisotopic (exact) mass is 911 g/mol. The highest BCUT2D eigenvalue weighted by atomic mass is 16.6. The smallest absolute Gasteiger partial charge is 0.306 e. The average Bonchev–Trinajstić information content (AvgIpc) is 3.31. The Bertz CT molecular complexity index is 1460. The maximum absolute atomic E-state index is 12.8. The Hall–Kier alpha value is -4.45. The van der Waals surface area contributed by atoms with E-state index in [1.807, 2.05) is 97.2 Å². The van der Waals surface area contributed by atoms with Crippen molar-refractivity contribution in [1.29, 1.82) is 0 Å². The molecule has 1 atom stereocenters. The van der Waals surface area contributed by atoms with E-state index in [4.69, 9.17) is 14.2 Å². The van der Waals surface area contributed by atoms with E-state index < -0.39 is 6.10 Å². The van der Waals surface area contributed by atoms with Gasteiger partial charge in [-0.3, -0.25) is 14.4 Å². The first-order chi connectivity index (χ1) is 32.5. The molecule has 0 aliphatic rings. The molecule has 6 heteroatoms. The molecular weight excluding hydrogens is 817 g/mol. The van der Waals surface area contributed by atoms with Crippen LogP contribution in [-0.2, 0) is 28.6 Å². The number of allylic oxidation sites excluding steroid dienone is 22. The van der Waals surface area contributed by atoms with Gasteiger partial charge in [-0.05, 0) is 57.8 Å². The lowest BCUT2D eigenvalue weighted by Gasteiger charge is -2.18. The lowest BCUT2D eigenvalue weighted by atomic mass is 10.0. The zero-order valence-electron chi connectivity index (χ0n) is 42.1. The summed E-state index contributed by atoms with van der Waals surface area (Å²) in [6, 6.07) is 0. The number of rotatable bonds is 45. The number of carbonyl (C=O) groups excluding carboxylic acids is 3. The fraction of sp³-hybridized carbons (Fsp3) is 0.583. The minimum absolute atomic E-state index is 0.108. The minimum Gasteiger partial charge on any atom is -0.462 e. The molecule has 0 spiro atoms. The summed E-state index contributed by atoms with van der Waals surface area (Å²) in [6.07, 6.45) is 74.2. The maximum atomic E-state index is 12.8. The maximum Gasteiger partial charge on any atom is 0.306 e. The van der Waals surface area contributed by atoms with Gasteiger partial charge in [-0.25, -0.2) is 0 Å². The molecule has 0 aromatic heterocycles. The van der Waals surface area contributed by atoms with Crippen molar-refractivity contribution < 1.29 is 28.6 Å². The van der Waals surface area contributed by atoms with Crippen LogP contribution in [0.5, 0.6) is 0 Å². The molecule has 0 bridgehead atoms. The third-order valence-electron chi connectivity index (χ3n) is 10.7. The van der Waals surface area contributed by atoms with Crippen LogP contribution in [0.2, 0.25) is 0 Å². The van der Waals surface area contributed by atoms with Gasteiger partial charge in [-0.15, -0.1) is 0 Å². The van der Waals surface area contributed by atoms with Crippen LogP contribution in [0.25, 0.3) is 0 Å². The van der Waals surface area contributed by atoms with Crippen molar-refractivity contribution in [2.75, 3.05) is 13.2 Å². The van der Waals surface area contributed by atoms with Crippen LogP contribution in [-0.4, -0.2) is 37.2 Å². The largest absolute Gasteiger partial charge is 0.462 e. The molecule has 0 saturated heterocycles. The molecule has 370 valence electrons. The standard InChI is InChI=1S/C60H94O6/c1-4-7-10-13-16-19-22-25-27-29-31-32-35-38-41-44-47-50-53-59(62)65-56-57(55-64-58(61)52-49-46-43-40-37-34-24-21-18-15-12-9-6-3)66-60(63)54-51-48-45-42-39-36-33-30-28-26-23-20-17-14-11-8-5-2/h8,10-11,13-14,16-17,19-20,22-23,25-33,36,39,57H,4-7,9,12,15,18,21,24,34-35,37-38,40-56H2,1-3H3/b11-8-,13-10-,17-14-,19-16-,23-20-,25-22-,28-26-,29-27-,32-31-,33-30+,39-36-. The van der Waals surface area contributed by atoms with Gasteiger partial charge < -0.3 is 14.2 Å². The number of esters is 3. The highest BCUT2D eigenvalue weighted by molar-refractivity contribution is 5.71. The predicted molar refractivity (Wildman–Crippen MR) is 283 cm³/mol. The highest BCUT2D eigenvalue weighted by Crippen LogP contribution is 2.14. The molecule has 1 unspecified atom stereocenters.